The van der Waals surface area contributed by atoms with Crippen molar-refractivity contribution >= 4 is 14.3 Å². The highest BCUT2D eigenvalue weighted by molar-refractivity contribution is 6.74. The van der Waals surface area contributed by atoms with Crippen molar-refractivity contribution in [2.45, 2.75) is 95.7 Å². The summed E-state index contributed by atoms with van der Waals surface area (Å²) in [6.45, 7) is 15.5. The number of hydrogen-bond acceptors (Lipinski definition) is 8. The largest absolute Gasteiger partial charge is 0.461 e. The fraction of sp³-hybridized carbons (Fsp3) is 0.857. The van der Waals surface area contributed by atoms with Crippen LogP contribution >= 0.6 is 0 Å². The highest BCUT2D eigenvalue weighted by atomic mass is 28.4. The highest BCUT2D eigenvalue weighted by Crippen LogP contribution is 2.46. The lowest BCUT2D eigenvalue weighted by molar-refractivity contribution is -0.458. The Labute approximate surface area is 180 Å². The number of rotatable bonds is 6. The maximum atomic E-state index is 11.3. The molecule has 0 bridgehead atoms. The van der Waals surface area contributed by atoms with Gasteiger partial charge in [0.1, 0.15) is 24.9 Å². The Bertz CT molecular complexity index is 672. The van der Waals surface area contributed by atoms with Gasteiger partial charge >= 0.3 is 5.97 Å². The Kier molecular flexibility index (Phi) is 7.30. The van der Waals surface area contributed by atoms with Crippen LogP contribution in [0.15, 0.2) is 11.6 Å². The van der Waals surface area contributed by atoms with Gasteiger partial charge in [0.05, 0.1) is 6.10 Å². The van der Waals surface area contributed by atoms with Gasteiger partial charge in [-0.2, -0.15) is 0 Å². The molecule has 0 radical (unpaired) electrons. The number of methoxy groups -OCH3 is 2. The first-order valence-corrected chi connectivity index (χ1v) is 13.2. The first-order chi connectivity index (χ1) is 13.6. The van der Waals surface area contributed by atoms with Gasteiger partial charge in [0.15, 0.2) is 8.32 Å². The van der Waals surface area contributed by atoms with E-state index in [1.54, 1.807) is 19.9 Å². The fourth-order valence-electron chi connectivity index (χ4n) is 3.38. The normalized spacial score (nSPS) is 37.4. The molecule has 2 aliphatic rings. The monoisotopic (exact) mass is 446 g/mol. The third-order valence-corrected chi connectivity index (χ3v) is 11.2. The standard InChI is InChI=1S/C21H38O8Si/c1-13(22)26-12-14-11-15(29-30(9,10)19(2,3)4)17-18(16(14)23)28-21(6,25-8)20(5,24-7)27-17/h11,15-18,23H,12H2,1-10H3/t15-,16+,17-,18-,20+,21+/m0/s1. The van der Waals surface area contributed by atoms with Crippen molar-refractivity contribution in [2.24, 2.45) is 0 Å². The molecule has 0 spiro atoms. The second-order valence-electron chi connectivity index (χ2n) is 9.77. The number of esters is 1. The smallest absolute Gasteiger partial charge is 0.302 e. The molecule has 0 aromatic rings. The summed E-state index contributed by atoms with van der Waals surface area (Å²) >= 11 is 0. The fourth-order valence-corrected chi connectivity index (χ4v) is 4.62. The van der Waals surface area contributed by atoms with E-state index in [1.807, 2.05) is 0 Å². The first-order valence-electron chi connectivity index (χ1n) is 10.3. The van der Waals surface area contributed by atoms with Crippen molar-refractivity contribution in [2.75, 3.05) is 20.8 Å². The van der Waals surface area contributed by atoms with Crippen LogP contribution in [0.25, 0.3) is 0 Å². The summed E-state index contributed by atoms with van der Waals surface area (Å²) in [6, 6.07) is 0. The predicted octanol–water partition coefficient (Wildman–Crippen LogP) is 2.75. The van der Waals surface area contributed by atoms with Crippen molar-refractivity contribution < 1.29 is 38.0 Å². The molecule has 2 rings (SSSR count). The maximum Gasteiger partial charge on any atom is 0.302 e. The van der Waals surface area contributed by atoms with Gasteiger partial charge in [0, 0.05) is 21.1 Å². The number of carbonyl (C=O) groups excluding carboxylic acids is 1. The SMILES string of the molecule is CO[C@]1(C)O[C@@H]2[C@@H](O[C@@]1(C)OC)[C@H](O)C(COC(C)=O)=C[C@@H]2O[Si](C)(C)C(C)(C)C. The van der Waals surface area contributed by atoms with Crippen molar-refractivity contribution in [1.29, 1.82) is 0 Å². The average Bonchev–Trinajstić information content (AvgIpc) is 2.63. The van der Waals surface area contributed by atoms with E-state index < -0.39 is 50.3 Å². The number of ether oxygens (including phenoxy) is 5. The molecule has 1 heterocycles. The summed E-state index contributed by atoms with van der Waals surface area (Å²) in [6.07, 6.45) is -1.19. The zero-order valence-corrected chi connectivity index (χ0v) is 20.9. The Hall–Kier alpha value is -0.813. The second-order valence-corrected chi connectivity index (χ2v) is 14.5. The van der Waals surface area contributed by atoms with Crippen LogP contribution in [0.4, 0.5) is 0 Å². The van der Waals surface area contributed by atoms with Gasteiger partial charge in [-0.15, -0.1) is 0 Å². The molecule has 30 heavy (non-hydrogen) atoms. The Balaban J connectivity index is 2.48. The molecule has 1 aliphatic heterocycles. The molecule has 0 unspecified atom stereocenters. The second kappa shape index (κ2) is 8.61. The van der Waals surface area contributed by atoms with E-state index in [9.17, 15) is 9.90 Å². The molecule has 9 heteroatoms. The first kappa shape index (κ1) is 25.4. The van der Waals surface area contributed by atoms with E-state index in [2.05, 4.69) is 33.9 Å². The lowest BCUT2D eigenvalue weighted by atomic mass is 9.87. The quantitative estimate of drug-likeness (QED) is 0.378. The zero-order valence-electron chi connectivity index (χ0n) is 19.9. The summed E-state index contributed by atoms with van der Waals surface area (Å²) in [7, 11) is 0.808. The molecule has 1 aliphatic carbocycles. The van der Waals surface area contributed by atoms with Crippen molar-refractivity contribution in [1.82, 2.24) is 0 Å². The minimum Gasteiger partial charge on any atom is -0.461 e. The van der Waals surface area contributed by atoms with Crippen molar-refractivity contribution in [3.8, 4) is 0 Å². The molecule has 0 aromatic carbocycles. The summed E-state index contributed by atoms with van der Waals surface area (Å²) in [5, 5.41) is 11.0. The topological polar surface area (TPSA) is 92.7 Å². The number of carbonyl (C=O) groups is 1. The highest BCUT2D eigenvalue weighted by Gasteiger charge is 2.61. The minimum atomic E-state index is -2.21. The molecule has 6 atom stereocenters. The van der Waals surface area contributed by atoms with E-state index >= 15 is 0 Å². The van der Waals surface area contributed by atoms with E-state index in [0.717, 1.165) is 0 Å². The molecule has 1 fully saturated rings. The van der Waals surface area contributed by atoms with Crippen LogP contribution in [0.3, 0.4) is 0 Å². The van der Waals surface area contributed by atoms with E-state index in [0.29, 0.717) is 5.57 Å². The number of fused-ring (bicyclic) bond motifs is 1. The van der Waals surface area contributed by atoms with Gasteiger partial charge in [0.25, 0.3) is 0 Å². The van der Waals surface area contributed by atoms with Crippen LogP contribution in [0.2, 0.25) is 18.1 Å². The lowest BCUT2D eigenvalue weighted by Crippen LogP contribution is -2.70. The molecule has 0 amide bonds. The number of hydrogen-bond donors (Lipinski definition) is 1. The lowest BCUT2D eigenvalue weighted by Gasteiger charge is -2.56. The van der Waals surface area contributed by atoms with Crippen LogP contribution in [-0.2, 0) is 32.9 Å². The molecule has 0 saturated carbocycles. The zero-order chi connectivity index (χ0) is 23.1. The molecule has 1 N–H and O–H groups in total. The summed E-state index contributed by atoms with van der Waals surface area (Å²) < 4.78 is 35.6. The summed E-state index contributed by atoms with van der Waals surface area (Å²) in [4.78, 5) is 11.3. The molecule has 174 valence electrons. The van der Waals surface area contributed by atoms with Crippen LogP contribution in [0, 0.1) is 0 Å². The van der Waals surface area contributed by atoms with Crippen molar-refractivity contribution in [3.05, 3.63) is 11.6 Å². The summed E-state index contributed by atoms with van der Waals surface area (Å²) in [5.74, 6) is -2.92. The Morgan fingerprint density at radius 1 is 1.13 bits per heavy atom. The maximum absolute atomic E-state index is 11.3. The number of aliphatic hydroxyl groups is 1. The molecular formula is C21H38O8Si. The van der Waals surface area contributed by atoms with Crippen LogP contribution in [0.1, 0.15) is 41.5 Å². The third-order valence-electron chi connectivity index (χ3n) is 6.72. The van der Waals surface area contributed by atoms with Crippen LogP contribution in [-0.4, -0.2) is 76.2 Å². The van der Waals surface area contributed by atoms with Gasteiger partial charge in [-0.05, 0) is 43.6 Å². The van der Waals surface area contributed by atoms with Gasteiger partial charge < -0.3 is 33.2 Å². The van der Waals surface area contributed by atoms with Crippen LogP contribution in [0.5, 0.6) is 0 Å². The van der Waals surface area contributed by atoms with Gasteiger partial charge in [0.2, 0.25) is 11.6 Å². The van der Waals surface area contributed by atoms with Crippen molar-refractivity contribution in [3.63, 3.8) is 0 Å². The summed E-state index contributed by atoms with van der Waals surface area (Å²) in [5.41, 5.74) is 0.512. The van der Waals surface area contributed by atoms with E-state index in [1.165, 1.54) is 21.1 Å². The van der Waals surface area contributed by atoms with Gasteiger partial charge in [-0.3, -0.25) is 4.79 Å². The predicted molar refractivity (Wildman–Crippen MR) is 113 cm³/mol. The third kappa shape index (κ3) is 4.67. The van der Waals surface area contributed by atoms with E-state index in [4.69, 9.17) is 28.1 Å². The van der Waals surface area contributed by atoms with Gasteiger partial charge in [-0.1, -0.05) is 20.8 Å². The van der Waals surface area contributed by atoms with Gasteiger partial charge in [-0.25, -0.2) is 0 Å². The molecule has 8 nitrogen and oxygen atoms in total. The minimum absolute atomic E-state index is 0.0381. The molecule has 0 aromatic heterocycles. The molecule has 1 saturated heterocycles. The average molecular weight is 447 g/mol. The van der Waals surface area contributed by atoms with Crippen LogP contribution < -0.4 is 0 Å². The molecular weight excluding hydrogens is 408 g/mol. The number of aliphatic hydroxyl groups excluding tert-OH is 1. The van der Waals surface area contributed by atoms with E-state index in [-0.39, 0.29) is 11.6 Å². The Morgan fingerprint density at radius 2 is 1.63 bits per heavy atom. The Morgan fingerprint density at radius 3 is 2.07 bits per heavy atom.